The molecule has 0 unspecified atom stereocenters. The van der Waals surface area contributed by atoms with E-state index in [1.54, 1.807) is 0 Å². The molecule has 1 amide bonds. The molecule has 0 spiro atoms. The Morgan fingerprint density at radius 1 is 1.08 bits per heavy atom. The summed E-state index contributed by atoms with van der Waals surface area (Å²) < 4.78 is 63.4. The Morgan fingerprint density at radius 3 is 2.40 bits per heavy atom. The lowest BCUT2D eigenvalue weighted by atomic mass is 10.1. The third-order valence-corrected chi connectivity index (χ3v) is 4.64. The second kappa shape index (κ2) is 6.07. The van der Waals surface area contributed by atoms with Gasteiger partial charge >= 0.3 is 15.6 Å². The molecule has 0 fully saturated rings. The lowest BCUT2D eigenvalue weighted by Crippen LogP contribution is -2.28. The first-order chi connectivity index (χ1) is 11.7. The molecule has 0 bridgehead atoms. The highest BCUT2D eigenvalue weighted by atomic mass is 32.2. The van der Waals surface area contributed by atoms with Crippen molar-refractivity contribution in [2.75, 3.05) is 0 Å². The average Bonchev–Trinajstić information content (AvgIpc) is 2.82. The summed E-state index contributed by atoms with van der Waals surface area (Å²) in [7, 11) is -5.74. The molecule has 0 radical (unpaired) electrons. The van der Waals surface area contributed by atoms with Crippen molar-refractivity contribution in [3.63, 3.8) is 0 Å². The zero-order valence-corrected chi connectivity index (χ0v) is 13.5. The summed E-state index contributed by atoms with van der Waals surface area (Å²) in [6, 6.07) is 12.6. The quantitative estimate of drug-likeness (QED) is 0.612. The van der Waals surface area contributed by atoms with E-state index in [2.05, 4.69) is 4.18 Å². The molecule has 0 N–H and O–H groups in total. The molecule has 1 heterocycles. The molecule has 2 aromatic carbocycles. The fourth-order valence-electron chi connectivity index (χ4n) is 2.51. The molecule has 5 nitrogen and oxygen atoms in total. The number of amides is 1. The van der Waals surface area contributed by atoms with E-state index in [-0.39, 0.29) is 12.5 Å². The van der Waals surface area contributed by atoms with Crippen LogP contribution in [0.25, 0.3) is 0 Å². The van der Waals surface area contributed by atoms with Crippen LogP contribution in [0, 0.1) is 0 Å². The standard InChI is InChI=1S/C16H12F3NO4S/c17-16(18,19)25(22,23)24-13-6-7-14-12(8-13)10-20(15(14)21)9-11-4-2-1-3-5-11/h1-8H,9-10H2. The zero-order chi connectivity index (χ0) is 18.2. The minimum atomic E-state index is -5.74. The van der Waals surface area contributed by atoms with E-state index in [9.17, 15) is 26.4 Å². The monoisotopic (exact) mass is 371 g/mol. The van der Waals surface area contributed by atoms with Gasteiger partial charge in [0, 0.05) is 18.7 Å². The largest absolute Gasteiger partial charge is 0.534 e. The van der Waals surface area contributed by atoms with Gasteiger partial charge in [0.1, 0.15) is 5.75 Å². The Balaban J connectivity index is 1.80. The fraction of sp³-hybridized carbons (Fsp3) is 0.188. The molecule has 0 saturated carbocycles. The van der Waals surface area contributed by atoms with Crippen molar-refractivity contribution in [1.82, 2.24) is 4.90 Å². The van der Waals surface area contributed by atoms with Crippen molar-refractivity contribution in [1.29, 1.82) is 0 Å². The van der Waals surface area contributed by atoms with Gasteiger partial charge in [0.25, 0.3) is 5.91 Å². The van der Waals surface area contributed by atoms with Gasteiger partial charge in [-0.15, -0.1) is 0 Å². The Hall–Kier alpha value is -2.55. The molecule has 1 aliphatic heterocycles. The molecule has 0 aromatic heterocycles. The number of halogens is 3. The molecule has 2 aromatic rings. The zero-order valence-electron chi connectivity index (χ0n) is 12.7. The number of hydrogen-bond donors (Lipinski definition) is 0. The topological polar surface area (TPSA) is 63.7 Å². The Kier molecular flexibility index (Phi) is 4.19. The summed E-state index contributed by atoms with van der Waals surface area (Å²) in [5.41, 5.74) is -3.88. The molecule has 25 heavy (non-hydrogen) atoms. The number of carbonyl (C=O) groups is 1. The number of alkyl halides is 3. The summed E-state index contributed by atoms with van der Waals surface area (Å²) in [6.07, 6.45) is 0. The van der Waals surface area contributed by atoms with Crippen molar-refractivity contribution in [2.45, 2.75) is 18.6 Å². The van der Waals surface area contributed by atoms with Gasteiger partial charge in [-0.1, -0.05) is 30.3 Å². The van der Waals surface area contributed by atoms with E-state index in [0.29, 0.717) is 17.7 Å². The van der Waals surface area contributed by atoms with Crippen LogP contribution in [0.4, 0.5) is 13.2 Å². The van der Waals surface area contributed by atoms with E-state index < -0.39 is 21.4 Å². The van der Waals surface area contributed by atoms with Crippen LogP contribution < -0.4 is 4.18 Å². The smallest absolute Gasteiger partial charge is 0.376 e. The van der Waals surface area contributed by atoms with Crippen LogP contribution in [-0.2, 0) is 23.2 Å². The first-order valence-electron chi connectivity index (χ1n) is 7.14. The molecule has 9 heteroatoms. The van der Waals surface area contributed by atoms with Crippen LogP contribution >= 0.6 is 0 Å². The predicted molar refractivity (Wildman–Crippen MR) is 82.1 cm³/mol. The van der Waals surface area contributed by atoms with E-state index in [1.165, 1.54) is 11.0 Å². The van der Waals surface area contributed by atoms with Gasteiger partial charge in [-0.3, -0.25) is 4.79 Å². The normalized spacial score (nSPS) is 14.5. The van der Waals surface area contributed by atoms with Crippen molar-refractivity contribution in [2.24, 2.45) is 0 Å². The highest BCUT2D eigenvalue weighted by molar-refractivity contribution is 7.88. The van der Waals surface area contributed by atoms with Crippen molar-refractivity contribution < 1.29 is 30.6 Å². The summed E-state index contributed by atoms with van der Waals surface area (Å²) in [5.74, 6) is -0.755. The van der Waals surface area contributed by atoms with E-state index in [1.807, 2.05) is 30.3 Å². The van der Waals surface area contributed by atoms with Crippen LogP contribution in [0.1, 0.15) is 21.5 Å². The van der Waals surface area contributed by atoms with Crippen LogP contribution in [0.5, 0.6) is 5.75 Å². The lowest BCUT2D eigenvalue weighted by Gasteiger charge is -2.15. The minimum absolute atomic E-state index is 0.159. The van der Waals surface area contributed by atoms with E-state index in [0.717, 1.165) is 17.7 Å². The minimum Gasteiger partial charge on any atom is -0.376 e. The predicted octanol–water partition coefficient (Wildman–Crippen LogP) is 3.07. The SMILES string of the molecule is O=C1c2ccc(OS(=O)(=O)C(F)(F)F)cc2CN1Cc1ccccc1. The third-order valence-electron chi connectivity index (χ3n) is 3.66. The number of hydrogen-bond acceptors (Lipinski definition) is 4. The van der Waals surface area contributed by atoms with Crippen LogP contribution in [0.2, 0.25) is 0 Å². The van der Waals surface area contributed by atoms with E-state index in [4.69, 9.17) is 0 Å². The van der Waals surface area contributed by atoms with E-state index >= 15 is 0 Å². The number of benzene rings is 2. The highest BCUT2D eigenvalue weighted by Crippen LogP contribution is 2.31. The maximum absolute atomic E-state index is 12.4. The number of rotatable bonds is 4. The summed E-state index contributed by atoms with van der Waals surface area (Å²) >= 11 is 0. The summed E-state index contributed by atoms with van der Waals surface area (Å²) in [4.78, 5) is 13.9. The highest BCUT2D eigenvalue weighted by Gasteiger charge is 2.48. The van der Waals surface area contributed by atoms with Crippen LogP contribution in [0.15, 0.2) is 48.5 Å². The molecular formula is C16H12F3NO4S. The maximum Gasteiger partial charge on any atom is 0.534 e. The molecule has 1 aliphatic rings. The Bertz CT molecular complexity index is 911. The fourth-order valence-corrected chi connectivity index (χ4v) is 2.97. The van der Waals surface area contributed by atoms with Gasteiger partial charge in [0.05, 0.1) is 0 Å². The average molecular weight is 371 g/mol. The van der Waals surface area contributed by atoms with Gasteiger partial charge in [-0.2, -0.15) is 21.6 Å². The van der Waals surface area contributed by atoms with Crippen molar-refractivity contribution in [3.05, 3.63) is 65.2 Å². The Morgan fingerprint density at radius 2 is 1.76 bits per heavy atom. The summed E-state index contributed by atoms with van der Waals surface area (Å²) in [5, 5.41) is 0. The van der Waals surface area contributed by atoms with Gasteiger partial charge in [-0.25, -0.2) is 0 Å². The van der Waals surface area contributed by atoms with Crippen LogP contribution in [0.3, 0.4) is 0 Å². The molecule has 132 valence electrons. The molecular weight excluding hydrogens is 359 g/mol. The van der Waals surface area contributed by atoms with Crippen molar-refractivity contribution >= 4 is 16.0 Å². The molecule has 0 atom stereocenters. The second-order valence-corrected chi connectivity index (χ2v) is 6.99. The first kappa shape index (κ1) is 17.3. The van der Waals surface area contributed by atoms with Gasteiger partial charge in [0.15, 0.2) is 0 Å². The van der Waals surface area contributed by atoms with Gasteiger partial charge in [0.2, 0.25) is 0 Å². The third kappa shape index (κ3) is 3.46. The number of fused-ring (bicyclic) bond motifs is 1. The maximum atomic E-state index is 12.4. The van der Waals surface area contributed by atoms with Gasteiger partial charge in [-0.05, 0) is 29.3 Å². The van der Waals surface area contributed by atoms with Gasteiger partial charge < -0.3 is 9.08 Å². The van der Waals surface area contributed by atoms with Crippen LogP contribution in [-0.4, -0.2) is 24.7 Å². The van der Waals surface area contributed by atoms with Crippen molar-refractivity contribution in [3.8, 4) is 5.75 Å². The number of carbonyl (C=O) groups excluding carboxylic acids is 1. The first-order valence-corrected chi connectivity index (χ1v) is 8.55. The lowest BCUT2D eigenvalue weighted by molar-refractivity contribution is -0.0500. The molecule has 0 aliphatic carbocycles. The molecule has 0 saturated heterocycles. The second-order valence-electron chi connectivity index (χ2n) is 5.45. The summed E-state index contributed by atoms with van der Waals surface area (Å²) in [6.45, 7) is 0.498. The molecule has 3 rings (SSSR count). The number of nitrogens with zero attached hydrogens (tertiary/aromatic N) is 1. The Labute approximate surface area is 141 Å².